The highest BCUT2D eigenvalue weighted by Crippen LogP contribution is 2.61. The number of ether oxygens (including phenoxy) is 1. The van der Waals surface area contributed by atoms with Crippen LogP contribution in [0.1, 0.15) is 84.8 Å². The summed E-state index contributed by atoms with van der Waals surface area (Å²) in [5.41, 5.74) is 4.27. The molecule has 386 valence electrons. The molecule has 1 saturated heterocycles. The van der Waals surface area contributed by atoms with Crippen molar-refractivity contribution in [2.24, 2.45) is 5.41 Å². The number of nitrogens with zero attached hydrogens (tertiary/aromatic N) is 4. The van der Waals surface area contributed by atoms with Gasteiger partial charge in [-0.1, -0.05) is 93.3 Å². The summed E-state index contributed by atoms with van der Waals surface area (Å²) in [5, 5.41) is 26.6. The van der Waals surface area contributed by atoms with Gasteiger partial charge in [-0.3, -0.25) is 32.5 Å². The summed E-state index contributed by atoms with van der Waals surface area (Å²) in [6, 6.07) is 0. The standard InChI is InChI=1S/C41H64N7O17P3S/c1-4-5-6-7-8-9-10-11-12-13-14-15-16-17-18-19-20-21-32(50)69-25-24-43-31(49)22-23-44-39(53)36(52)41(2,3)27-62-68(59,60)65-67(57,58)61-26-30-35(64-66(54,55)56)34(51)40(63-30)48-29-47-33-37(42)45-28-46-38(33)48/h5-6,8-9,11-12,14-15,17-18,28-30,34-36,40,51-52H,4,7,10,13,16,19-27H2,1-3H3,(H,43,49)(H,44,53)(H,57,58)(H,59,60)(H2,42,45,46)(H2,54,55,56)/b6-5-,9-8-,12-11-,15-14-,18-17-/t30-,34+,35+,36-,40-/m0/s1. The second-order valence-corrected chi connectivity index (χ2v) is 21.3. The molecule has 28 heteroatoms. The molecule has 1 fully saturated rings. The first-order valence-corrected chi connectivity index (χ1v) is 27.4. The molecular weight excluding hydrogens is 987 g/mol. The average Bonchev–Trinajstić information content (AvgIpc) is 3.84. The van der Waals surface area contributed by atoms with E-state index in [0.29, 0.717) is 18.6 Å². The molecule has 2 unspecified atom stereocenters. The Morgan fingerprint density at radius 1 is 0.884 bits per heavy atom. The smallest absolute Gasteiger partial charge is 0.386 e. The van der Waals surface area contributed by atoms with E-state index in [1.807, 2.05) is 0 Å². The van der Waals surface area contributed by atoms with Crippen LogP contribution in [-0.4, -0.2) is 123 Å². The number of phosphoric ester groups is 3. The van der Waals surface area contributed by atoms with Crippen LogP contribution in [-0.2, 0) is 50.7 Å². The number of nitrogens with one attached hydrogen (secondary N) is 2. The lowest BCUT2D eigenvalue weighted by atomic mass is 9.87. The summed E-state index contributed by atoms with van der Waals surface area (Å²) < 4.78 is 62.4. The maximum Gasteiger partial charge on any atom is 0.481 e. The number of carbonyl (C=O) groups excluding carboxylic acids is 3. The number of allylic oxidation sites excluding steroid dienone is 10. The highest BCUT2D eigenvalue weighted by molar-refractivity contribution is 8.13. The summed E-state index contributed by atoms with van der Waals surface area (Å²) in [4.78, 5) is 88.3. The Kier molecular flexibility index (Phi) is 25.5. The highest BCUT2D eigenvalue weighted by atomic mass is 32.2. The molecule has 2 amide bonds. The number of hydrogen-bond acceptors (Lipinski definition) is 18. The first-order chi connectivity index (χ1) is 32.6. The first kappa shape index (κ1) is 59.6. The van der Waals surface area contributed by atoms with Crippen molar-refractivity contribution in [2.45, 2.75) is 109 Å². The van der Waals surface area contributed by atoms with Crippen LogP contribution in [0.15, 0.2) is 73.4 Å². The van der Waals surface area contributed by atoms with Gasteiger partial charge in [0.2, 0.25) is 11.8 Å². The Morgan fingerprint density at radius 2 is 1.49 bits per heavy atom. The molecule has 24 nitrogen and oxygen atoms in total. The molecule has 0 aromatic carbocycles. The largest absolute Gasteiger partial charge is 0.481 e. The number of nitrogen functional groups attached to an aromatic ring is 1. The van der Waals surface area contributed by atoms with Gasteiger partial charge in [0.15, 0.2) is 22.8 Å². The third kappa shape index (κ3) is 22.5. The monoisotopic (exact) mass is 1050 g/mol. The average molecular weight is 1050 g/mol. The van der Waals surface area contributed by atoms with Gasteiger partial charge in [-0.15, -0.1) is 0 Å². The molecule has 0 bridgehead atoms. The molecule has 0 spiro atoms. The number of thioether (sulfide) groups is 1. The van der Waals surface area contributed by atoms with Crippen molar-refractivity contribution >= 4 is 69.1 Å². The van der Waals surface area contributed by atoms with Crippen LogP contribution >= 0.6 is 35.2 Å². The number of aliphatic hydroxyl groups excluding tert-OH is 2. The second-order valence-electron chi connectivity index (χ2n) is 15.9. The van der Waals surface area contributed by atoms with Crippen molar-refractivity contribution in [2.75, 3.05) is 37.8 Å². The lowest BCUT2D eigenvalue weighted by Gasteiger charge is -2.30. The van der Waals surface area contributed by atoms with Crippen molar-refractivity contribution in [3.05, 3.63) is 73.4 Å². The number of fused-ring (bicyclic) bond motifs is 1. The third-order valence-electron chi connectivity index (χ3n) is 9.67. The Hall–Kier alpha value is -3.74. The zero-order chi connectivity index (χ0) is 51.1. The molecule has 3 rings (SSSR count). The number of carbonyl (C=O) groups is 3. The normalized spacial score (nSPS) is 20.4. The molecule has 0 radical (unpaired) electrons. The van der Waals surface area contributed by atoms with Crippen LogP contribution in [0.5, 0.6) is 0 Å². The predicted octanol–water partition coefficient (Wildman–Crippen LogP) is 4.59. The Morgan fingerprint density at radius 3 is 2.12 bits per heavy atom. The second kappa shape index (κ2) is 29.6. The third-order valence-corrected chi connectivity index (χ3v) is 13.7. The predicted molar refractivity (Wildman–Crippen MR) is 255 cm³/mol. The van der Waals surface area contributed by atoms with Crippen LogP contribution in [0.2, 0.25) is 0 Å². The minimum absolute atomic E-state index is 0.00790. The fraction of sp³-hybridized carbons (Fsp3) is 0.561. The summed E-state index contributed by atoms with van der Waals surface area (Å²) in [6.07, 6.45) is 20.9. The van der Waals surface area contributed by atoms with Crippen LogP contribution in [0, 0.1) is 5.41 Å². The molecule has 1 aliphatic heterocycles. The van der Waals surface area contributed by atoms with Gasteiger partial charge in [-0.25, -0.2) is 28.6 Å². The van der Waals surface area contributed by atoms with Gasteiger partial charge in [-0.05, 0) is 44.9 Å². The number of hydrogen-bond donors (Lipinski definition) is 9. The molecular formula is C41H64N7O17P3S. The first-order valence-electron chi connectivity index (χ1n) is 21.9. The summed E-state index contributed by atoms with van der Waals surface area (Å²) in [6.45, 7) is 2.62. The molecule has 3 heterocycles. The highest BCUT2D eigenvalue weighted by Gasteiger charge is 2.50. The zero-order valence-corrected chi connectivity index (χ0v) is 42.0. The van der Waals surface area contributed by atoms with Crippen LogP contribution in [0.3, 0.4) is 0 Å². The van der Waals surface area contributed by atoms with Gasteiger partial charge < -0.3 is 50.9 Å². The summed E-state index contributed by atoms with van der Waals surface area (Å²) >= 11 is 1.11. The lowest BCUT2D eigenvalue weighted by molar-refractivity contribution is -0.137. The van der Waals surface area contributed by atoms with E-state index < -0.39 is 84.6 Å². The van der Waals surface area contributed by atoms with Crippen molar-refractivity contribution in [1.82, 2.24) is 30.2 Å². The number of phosphoric acid groups is 3. The van der Waals surface area contributed by atoms with E-state index in [9.17, 15) is 57.9 Å². The number of aromatic nitrogens is 4. The number of imidazole rings is 1. The van der Waals surface area contributed by atoms with Crippen molar-refractivity contribution < 1.29 is 80.5 Å². The fourth-order valence-corrected chi connectivity index (χ4v) is 9.65. The fourth-order valence-electron chi connectivity index (χ4n) is 6.10. The molecule has 10 N–H and O–H groups in total. The topological polar surface area (TPSA) is 364 Å². The van der Waals surface area contributed by atoms with Gasteiger partial charge >= 0.3 is 23.5 Å². The molecule has 2 aromatic heterocycles. The van der Waals surface area contributed by atoms with E-state index in [0.717, 1.165) is 67.5 Å². The van der Waals surface area contributed by atoms with Gasteiger partial charge in [0.1, 0.15) is 36.3 Å². The molecule has 69 heavy (non-hydrogen) atoms. The zero-order valence-electron chi connectivity index (χ0n) is 38.5. The van der Waals surface area contributed by atoms with E-state index in [-0.39, 0.29) is 41.6 Å². The van der Waals surface area contributed by atoms with Gasteiger partial charge in [-0.2, -0.15) is 4.31 Å². The number of nitrogens with two attached hydrogens (primary N) is 1. The summed E-state index contributed by atoms with van der Waals surface area (Å²) in [7, 11) is -16.4. The van der Waals surface area contributed by atoms with E-state index in [2.05, 4.69) is 102 Å². The van der Waals surface area contributed by atoms with E-state index in [4.69, 9.17) is 19.5 Å². The van der Waals surface area contributed by atoms with E-state index >= 15 is 0 Å². The SMILES string of the molecule is CC/C=C\C/C=C\C/C=C\C/C=C\C/C=C\CCCC(=O)SCCNC(=O)CCNC(=O)[C@H](O)C(C)(C)COP(=O)(O)OP(=O)(O)OC[C@@H]1O[C@H](n2cnc3c(N)ncnc32)[C@H](O)[C@@H]1OP(=O)(O)O. The maximum atomic E-state index is 12.7. The Bertz CT molecular complexity index is 2270. The number of unbranched alkanes of at least 4 members (excludes halogenated alkanes) is 1. The van der Waals surface area contributed by atoms with Crippen LogP contribution in [0.4, 0.5) is 5.82 Å². The van der Waals surface area contributed by atoms with Gasteiger partial charge in [0, 0.05) is 37.1 Å². The van der Waals surface area contributed by atoms with Crippen molar-refractivity contribution in [1.29, 1.82) is 0 Å². The minimum atomic E-state index is -5.58. The summed E-state index contributed by atoms with van der Waals surface area (Å²) in [5.74, 6) is -1.09. The Labute approximate surface area is 404 Å². The van der Waals surface area contributed by atoms with Gasteiger partial charge in [0.25, 0.3) is 0 Å². The van der Waals surface area contributed by atoms with Gasteiger partial charge in [0.05, 0.1) is 19.5 Å². The minimum Gasteiger partial charge on any atom is -0.386 e. The van der Waals surface area contributed by atoms with E-state index in [1.54, 1.807) is 0 Å². The molecule has 2 aromatic rings. The Balaban J connectivity index is 1.31. The number of aliphatic hydroxyl groups is 2. The quantitative estimate of drug-likeness (QED) is 0.0275. The number of rotatable bonds is 32. The number of amides is 2. The molecule has 7 atom stereocenters. The van der Waals surface area contributed by atoms with Crippen LogP contribution < -0.4 is 16.4 Å². The van der Waals surface area contributed by atoms with E-state index in [1.165, 1.54) is 13.8 Å². The molecule has 1 aliphatic rings. The van der Waals surface area contributed by atoms with Crippen molar-refractivity contribution in [3.8, 4) is 0 Å². The molecule has 0 saturated carbocycles. The maximum absolute atomic E-state index is 12.7. The van der Waals surface area contributed by atoms with Crippen molar-refractivity contribution in [3.63, 3.8) is 0 Å². The lowest BCUT2D eigenvalue weighted by Crippen LogP contribution is -2.46. The number of anilines is 1. The molecule has 0 aliphatic carbocycles. The van der Waals surface area contributed by atoms with Crippen LogP contribution in [0.25, 0.3) is 11.2 Å².